The summed E-state index contributed by atoms with van der Waals surface area (Å²) >= 11 is 1.26. The molecular weight excluding hydrogens is 316 g/mol. The average Bonchev–Trinajstić information content (AvgIpc) is 2.80. The number of hydrogen-bond acceptors (Lipinski definition) is 8. The lowest BCUT2D eigenvalue weighted by atomic mass is 10.1. The van der Waals surface area contributed by atoms with Gasteiger partial charge < -0.3 is 20.9 Å². The molecule has 7 nitrogen and oxygen atoms in total. The number of Topliss-reactive ketones (excluding diaryl/α,β-unsaturated/α-hetero) is 1. The summed E-state index contributed by atoms with van der Waals surface area (Å²) in [6.07, 6.45) is 0.567. The third-order valence-electron chi connectivity index (χ3n) is 3.57. The van der Waals surface area contributed by atoms with Crippen molar-refractivity contribution in [1.29, 1.82) is 0 Å². The fourth-order valence-corrected chi connectivity index (χ4v) is 3.59. The molecule has 0 saturated heterocycles. The van der Waals surface area contributed by atoms with E-state index in [0.29, 0.717) is 28.6 Å². The summed E-state index contributed by atoms with van der Waals surface area (Å²) in [5, 5.41) is 0.0793. The number of fused-ring (bicyclic) bond motifs is 1. The smallest absolute Gasteiger partial charge is 0.192 e. The van der Waals surface area contributed by atoms with E-state index in [-0.39, 0.29) is 22.7 Å². The van der Waals surface area contributed by atoms with Gasteiger partial charge in [0.15, 0.2) is 22.4 Å². The summed E-state index contributed by atoms with van der Waals surface area (Å²) in [6, 6.07) is 5.03. The van der Waals surface area contributed by atoms with Crippen molar-refractivity contribution in [2.75, 3.05) is 25.7 Å². The van der Waals surface area contributed by atoms with Crippen molar-refractivity contribution in [3.05, 3.63) is 29.3 Å². The van der Waals surface area contributed by atoms with Crippen molar-refractivity contribution < 1.29 is 14.3 Å². The van der Waals surface area contributed by atoms with Crippen LogP contribution in [0.3, 0.4) is 0 Å². The Morgan fingerprint density at radius 3 is 2.30 bits per heavy atom. The molecule has 0 amide bonds. The maximum Gasteiger partial charge on any atom is 0.192 e. The van der Waals surface area contributed by atoms with E-state index in [9.17, 15) is 4.79 Å². The lowest BCUT2D eigenvalue weighted by molar-refractivity contribution is 0.1000. The minimum atomic E-state index is -0.317. The number of rotatable bonds is 4. The molecule has 0 saturated carbocycles. The summed E-state index contributed by atoms with van der Waals surface area (Å²) in [6.45, 7) is 0. The highest BCUT2D eigenvalue weighted by Gasteiger charge is 2.33. The van der Waals surface area contributed by atoms with Crippen molar-refractivity contribution in [3.8, 4) is 11.5 Å². The molecule has 1 heterocycles. The summed E-state index contributed by atoms with van der Waals surface area (Å²) < 4.78 is 10.5. The number of carbonyl (C=O) groups is 1. The summed E-state index contributed by atoms with van der Waals surface area (Å²) in [5.74, 6) is 1.72. The number of ether oxygens (including phenoxy) is 2. The quantitative estimate of drug-likeness (QED) is 0.811. The van der Waals surface area contributed by atoms with Gasteiger partial charge in [0.1, 0.15) is 11.6 Å². The van der Waals surface area contributed by atoms with E-state index in [4.69, 9.17) is 20.9 Å². The third kappa shape index (κ3) is 2.89. The molecule has 23 heavy (non-hydrogen) atoms. The maximum atomic E-state index is 12.6. The third-order valence-corrected chi connectivity index (χ3v) is 4.62. The Morgan fingerprint density at radius 2 is 1.70 bits per heavy atom. The predicted molar refractivity (Wildman–Crippen MR) is 88.1 cm³/mol. The van der Waals surface area contributed by atoms with Gasteiger partial charge in [-0.05, 0) is 24.1 Å². The minimum absolute atomic E-state index is 0.00977. The summed E-state index contributed by atoms with van der Waals surface area (Å²) in [4.78, 5) is 20.8. The van der Waals surface area contributed by atoms with Crippen molar-refractivity contribution in [3.63, 3.8) is 0 Å². The average molecular weight is 332 g/mol. The standard InChI is InChI=1S/C15H16N4O3S/c1-21-9-3-7-4-11(14(20)8(7)5-10(9)22-2)23-15-18-12(16)6-13(17)19-15/h3,5-6,11H,4H2,1-2H3,(H4,16,17,18,19)/t11-/m1/s1. The number of ketones is 1. The van der Waals surface area contributed by atoms with Gasteiger partial charge in [-0.2, -0.15) is 0 Å². The normalized spacial score (nSPS) is 16.3. The first-order chi connectivity index (χ1) is 11.0. The van der Waals surface area contributed by atoms with Crippen LogP contribution in [0.25, 0.3) is 0 Å². The lowest BCUT2D eigenvalue weighted by Gasteiger charge is -2.09. The minimum Gasteiger partial charge on any atom is -0.493 e. The monoisotopic (exact) mass is 332 g/mol. The molecule has 1 aliphatic rings. The molecule has 0 unspecified atom stereocenters. The van der Waals surface area contributed by atoms with Crippen LogP contribution in [-0.4, -0.2) is 35.2 Å². The highest BCUT2D eigenvalue weighted by molar-refractivity contribution is 8.00. The van der Waals surface area contributed by atoms with Crippen LogP contribution in [0.1, 0.15) is 15.9 Å². The molecule has 1 aromatic heterocycles. The zero-order valence-electron chi connectivity index (χ0n) is 12.7. The molecule has 0 bridgehead atoms. The Bertz CT molecular complexity index is 761. The van der Waals surface area contributed by atoms with E-state index in [1.54, 1.807) is 20.3 Å². The van der Waals surface area contributed by atoms with Gasteiger partial charge in [-0.1, -0.05) is 11.8 Å². The largest absolute Gasteiger partial charge is 0.493 e. The number of anilines is 2. The second kappa shape index (κ2) is 5.96. The maximum absolute atomic E-state index is 12.6. The molecule has 0 fully saturated rings. The molecule has 3 rings (SSSR count). The highest BCUT2D eigenvalue weighted by atomic mass is 32.2. The van der Waals surface area contributed by atoms with E-state index in [1.165, 1.54) is 17.8 Å². The second-order valence-electron chi connectivity index (χ2n) is 5.04. The van der Waals surface area contributed by atoms with Crippen LogP contribution >= 0.6 is 11.8 Å². The SMILES string of the molecule is COc1cc2c(cc1OC)C(=O)[C@H](Sc1nc(N)cc(N)n1)C2. The van der Waals surface area contributed by atoms with Crippen molar-refractivity contribution in [2.45, 2.75) is 16.8 Å². The van der Waals surface area contributed by atoms with E-state index in [0.717, 1.165) is 5.56 Å². The van der Waals surface area contributed by atoms with Crippen molar-refractivity contribution in [1.82, 2.24) is 9.97 Å². The van der Waals surface area contributed by atoms with Gasteiger partial charge in [0.05, 0.1) is 19.5 Å². The first kappa shape index (κ1) is 15.4. The van der Waals surface area contributed by atoms with Gasteiger partial charge in [-0.25, -0.2) is 9.97 Å². The number of aromatic nitrogens is 2. The van der Waals surface area contributed by atoms with Crippen LogP contribution in [0.5, 0.6) is 11.5 Å². The van der Waals surface area contributed by atoms with Gasteiger partial charge in [-0.15, -0.1) is 0 Å². The lowest BCUT2D eigenvalue weighted by Crippen LogP contribution is -2.12. The van der Waals surface area contributed by atoms with Gasteiger partial charge in [0, 0.05) is 11.6 Å². The molecule has 1 atom stereocenters. The topological polar surface area (TPSA) is 113 Å². The molecule has 1 aromatic carbocycles. The Hall–Kier alpha value is -2.48. The molecule has 0 spiro atoms. The molecule has 4 N–H and O–H groups in total. The zero-order chi connectivity index (χ0) is 16.6. The van der Waals surface area contributed by atoms with Gasteiger partial charge in [0.2, 0.25) is 0 Å². The van der Waals surface area contributed by atoms with Crippen LogP contribution in [0.4, 0.5) is 11.6 Å². The fourth-order valence-electron chi connectivity index (χ4n) is 2.52. The molecule has 1 aliphatic carbocycles. The van der Waals surface area contributed by atoms with Crippen LogP contribution in [0.2, 0.25) is 0 Å². The number of carbonyl (C=O) groups excluding carboxylic acids is 1. The van der Waals surface area contributed by atoms with Crippen LogP contribution in [-0.2, 0) is 6.42 Å². The second-order valence-corrected chi connectivity index (χ2v) is 6.21. The van der Waals surface area contributed by atoms with Gasteiger partial charge >= 0.3 is 0 Å². The number of hydrogen-bond donors (Lipinski definition) is 2. The summed E-state index contributed by atoms with van der Waals surface area (Å²) in [7, 11) is 3.11. The van der Waals surface area contributed by atoms with Crippen LogP contribution in [0, 0.1) is 0 Å². The highest BCUT2D eigenvalue weighted by Crippen LogP contribution is 2.39. The Labute approximate surface area is 137 Å². The Kier molecular flexibility index (Phi) is 3.99. The van der Waals surface area contributed by atoms with Crippen LogP contribution in [0.15, 0.2) is 23.4 Å². The molecule has 120 valence electrons. The predicted octanol–water partition coefficient (Wildman–Crippen LogP) is 1.56. The Morgan fingerprint density at radius 1 is 1.09 bits per heavy atom. The van der Waals surface area contributed by atoms with E-state index in [1.807, 2.05) is 6.07 Å². The van der Waals surface area contributed by atoms with E-state index >= 15 is 0 Å². The van der Waals surface area contributed by atoms with Gasteiger partial charge in [0.25, 0.3) is 0 Å². The molecule has 8 heteroatoms. The van der Waals surface area contributed by atoms with Crippen molar-refractivity contribution >= 4 is 29.2 Å². The number of thioether (sulfide) groups is 1. The van der Waals surface area contributed by atoms with Crippen LogP contribution < -0.4 is 20.9 Å². The first-order valence-electron chi connectivity index (χ1n) is 6.87. The molecular formula is C15H16N4O3S. The van der Waals surface area contributed by atoms with Gasteiger partial charge in [-0.3, -0.25) is 4.79 Å². The molecule has 2 aromatic rings. The summed E-state index contributed by atoms with van der Waals surface area (Å²) in [5.41, 5.74) is 12.9. The number of benzene rings is 1. The molecule has 0 aliphatic heterocycles. The zero-order valence-corrected chi connectivity index (χ0v) is 13.5. The number of nitrogens with zero attached hydrogens (tertiary/aromatic N) is 2. The number of methoxy groups -OCH3 is 2. The first-order valence-corrected chi connectivity index (χ1v) is 7.75. The number of nitrogens with two attached hydrogens (primary N) is 2. The van der Waals surface area contributed by atoms with Crippen molar-refractivity contribution in [2.24, 2.45) is 0 Å². The number of nitrogen functional groups attached to an aromatic ring is 2. The molecule has 0 radical (unpaired) electrons. The fraction of sp³-hybridized carbons (Fsp3) is 0.267. The Balaban J connectivity index is 1.88. The van der Waals surface area contributed by atoms with E-state index < -0.39 is 0 Å². The van der Waals surface area contributed by atoms with E-state index in [2.05, 4.69) is 9.97 Å².